The van der Waals surface area contributed by atoms with E-state index in [1.54, 1.807) is 6.92 Å². The molecule has 7 heteroatoms. The minimum absolute atomic E-state index is 0.0235. The molecular formula is C15H17N3O4. The fourth-order valence-corrected chi connectivity index (χ4v) is 1.94. The lowest BCUT2D eigenvalue weighted by Gasteiger charge is -2.14. The van der Waals surface area contributed by atoms with Gasteiger partial charge >= 0.3 is 5.97 Å². The number of hydrogen-bond acceptors (Lipinski definition) is 6. The molecule has 22 heavy (non-hydrogen) atoms. The van der Waals surface area contributed by atoms with Crippen LogP contribution in [0.2, 0.25) is 0 Å². The van der Waals surface area contributed by atoms with Crippen molar-refractivity contribution in [2.24, 2.45) is 5.10 Å². The van der Waals surface area contributed by atoms with Crippen LogP contribution >= 0.6 is 0 Å². The standard InChI is InChI=1S/C15H17N3O4/c1-2-22-14(20)10-18-9-13(19)12(15(18)21)8-16-17-11-6-4-3-5-7-11/h3-8,17,19H,2,9-10H2,1H3. The predicted octanol–water partition coefficient (Wildman–Crippen LogP) is 1.30. The number of hydrazone groups is 1. The number of carbonyl (C=O) groups is 2. The van der Waals surface area contributed by atoms with Crippen LogP contribution in [0.5, 0.6) is 0 Å². The summed E-state index contributed by atoms with van der Waals surface area (Å²) >= 11 is 0. The van der Waals surface area contributed by atoms with Crippen molar-refractivity contribution in [1.82, 2.24) is 4.90 Å². The van der Waals surface area contributed by atoms with E-state index >= 15 is 0 Å². The normalized spacial score (nSPS) is 14.8. The second-order valence-corrected chi connectivity index (χ2v) is 4.56. The quantitative estimate of drug-likeness (QED) is 0.469. The number of nitrogens with one attached hydrogen (secondary N) is 1. The monoisotopic (exact) mass is 303 g/mol. The SMILES string of the molecule is CCOC(=O)CN1CC(O)=C(C=NNc2ccccc2)C1=O. The smallest absolute Gasteiger partial charge is 0.325 e. The van der Waals surface area contributed by atoms with Gasteiger partial charge in [0.1, 0.15) is 12.3 Å². The van der Waals surface area contributed by atoms with Gasteiger partial charge in [0.15, 0.2) is 0 Å². The summed E-state index contributed by atoms with van der Waals surface area (Å²) in [5.74, 6) is -1.08. The Bertz CT molecular complexity index is 610. The van der Waals surface area contributed by atoms with Crippen LogP contribution in [-0.4, -0.2) is 47.8 Å². The van der Waals surface area contributed by atoms with Gasteiger partial charge in [0.2, 0.25) is 0 Å². The van der Waals surface area contributed by atoms with Gasteiger partial charge in [-0.05, 0) is 19.1 Å². The number of esters is 1. The van der Waals surface area contributed by atoms with Crippen molar-refractivity contribution in [3.63, 3.8) is 0 Å². The number of aliphatic hydroxyl groups is 1. The molecule has 1 amide bonds. The highest BCUT2D eigenvalue weighted by Gasteiger charge is 2.30. The highest BCUT2D eigenvalue weighted by Crippen LogP contribution is 2.15. The summed E-state index contributed by atoms with van der Waals surface area (Å²) in [5.41, 5.74) is 3.57. The molecule has 0 spiro atoms. The van der Waals surface area contributed by atoms with E-state index in [2.05, 4.69) is 10.5 Å². The van der Waals surface area contributed by atoms with Gasteiger partial charge in [-0.2, -0.15) is 5.10 Å². The van der Waals surface area contributed by atoms with Gasteiger partial charge in [-0.3, -0.25) is 15.0 Å². The fraction of sp³-hybridized carbons (Fsp3) is 0.267. The van der Waals surface area contributed by atoms with Crippen LogP contribution < -0.4 is 5.43 Å². The van der Waals surface area contributed by atoms with E-state index < -0.39 is 11.9 Å². The Morgan fingerprint density at radius 3 is 2.86 bits per heavy atom. The van der Waals surface area contributed by atoms with Gasteiger partial charge < -0.3 is 14.7 Å². The number of aliphatic hydroxyl groups excluding tert-OH is 1. The Labute approximate surface area is 127 Å². The van der Waals surface area contributed by atoms with Gasteiger partial charge in [-0.15, -0.1) is 0 Å². The Hall–Kier alpha value is -2.83. The Kier molecular flexibility index (Phi) is 5.13. The van der Waals surface area contributed by atoms with Crippen molar-refractivity contribution in [1.29, 1.82) is 0 Å². The maximum absolute atomic E-state index is 12.1. The number of nitrogens with zero attached hydrogens (tertiary/aromatic N) is 2. The number of rotatable bonds is 6. The highest BCUT2D eigenvalue weighted by atomic mass is 16.5. The van der Waals surface area contributed by atoms with Crippen molar-refractivity contribution in [3.05, 3.63) is 41.7 Å². The molecule has 2 N–H and O–H groups in total. The number of amides is 1. The summed E-state index contributed by atoms with van der Waals surface area (Å²) < 4.78 is 4.78. The van der Waals surface area contributed by atoms with Gasteiger partial charge in [0.25, 0.3) is 5.91 Å². The predicted molar refractivity (Wildman–Crippen MR) is 81.4 cm³/mol. The largest absolute Gasteiger partial charge is 0.510 e. The van der Waals surface area contributed by atoms with E-state index in [-0.39, 0.29) is 31.0 Å². The molecule has 116 valence electrons. The number of ether oxygens (including phenoxy) is 1. The van der Waals surface area contributed by atoms with Crippen molar-refractivity contribution >= 4 is 23.8 Å². The summed E-state index contributed by atoms with van der Waals surface area (Å²) in [6.45, 7) is 1.72. The Morgan fingerprint density at radius 1 is 1.45 bits per heavy atom. The molecule has 0 unspecified atom stereocenters. The van der Waals surface area contributed by atoms with Crippen LogP contribution in [0.1, 0.15) is 6.92 Å². The molecule has 1 aliphatic rings. The zero-order valence-electron chi connectivity index (χ0n) is 12.2. The average molecular weight is 303 g/mol. The zero-order valence-corrected chi connectivity index (χ0v) is 12.2. The lowest BCUT2D eigenvalue weighted by Crippen LogP contribution is -2.34. The first-order valence-corrected chi connectivity index (χ1v) is 6.83. The van der Waals surface area contributed by atoms with E-state index in [0.29, 0.717) is 0 Å². The summed E-state index contributed by atoms with van der Waals surface area (Å²) in [7, 11) is 0. The van der Waals surface area contributed by atoms with E-state index in [1.165, 1.54) is 11.1 Å². The topological polar surface area (TPSA) is 91.2 Å². The number of carbonyl (C=O) groups excluding carboxylic acids is 2. The van der Waals surface area contributed by atoms with Gasteiger partial charge in [0.05, 0.1) is 30.6 Å². The van der Waals surface area contributed by atoms with Gasteiger partial charge in [-0.25, -0.2) is 0 Å². The number of benzene rings is 1. The van der Waals surface area contributed by atoms with Crippen LogP contribution in [0, 0.1) is 0 Å². The minimum atomic E-state index is -0.510. The zero-order chi connectivity index (χ0) is 15.9. The first kappa shape index (κ1) is 15.6. The second-order valence-electron chi connectivity index (χ2n) is 4.56. The molecular weight excluding hydrogens is 286 g/mol. The molecule has 1 aromatic carbocycles. The molecule has 1 aliphatic heterocycles. The molecule has 0 saturated heterocycles. The van der Waals surface area contributed by atoms with Gasteiger partial charge in [0, 0.05) is 0 Å². The van der Waals surface area contributed by atoms with Crippen molar-refractivity contribution in [3.8, 4) is 0 Å². The third-order valence-electron chi connectivity index (χ3n) is 2.96. The van der Waals surface area contributed by atoms with Crippen LogP contribution in [0.3, 0.4) is 0 Å². The highest BCUT2D eigenvalue weighted by molar-refractivity contribution is 6.15. The van der Waals surface area contributed by atoms with Crippen LogP contribution in [-0.2, 0) is 14.3 Å². The molecule has 0 aliphatic carbocycles. The molecule has 0 aromatic heterocycles. The molecule has 1 heterocycles. The molecule has 7 nitrogen and oxygen atoms in total. The van der Waals surface area contributed by atoms with E-state index in [0.717, 1.165) is 5.69 Å². The second kappa shape index (κ2) is 7.26. The number of anilines is 1. The lowest BCUT2D eigenvalue weighted by molar-refractivity contribution is -0.147. The van der Waals surface area contributed by atoms with Crippen molar-refractivity contribution in [2.75, 3.05) is 25.1 Å². The minimum Gasteiger partial charge on any atom is -0.510 e. The lowest BCUT2D eigenvalue weighted by atomic mass is 10.3. The van der Waals surface area contributed by atoms with Gasteiger partial charge in [-0.1, -0.05) is 18.2 Å². The van der Waals surface area contributed by atoms with Crippen LogP contribution in [0.25, 0.3) is 0 Å². The fourth-order valence-electron chi connectivity index (χ4n) is 1.94. The third-order valence-corrected chi connectivity index (χ3v) is 2.96. The molecule has 2 rings (SSSR count). The third kappa shape index (κ3) is 3.85. The van der Waals surface area contributed by atoms with E-state index in [1.807, 2.05) is 30.3 Å². The summed E-state index contributed by atoms with van der Waals surface area (Å²) in [5, 5.41) is 13.7. The maximum atomic E-state index is 12.1. The Balaban J connectivity index is 1.95. The molecule has 0 fully saturated rings. The molecule has 0 saturated carbocycles. The summed E-state index contributed by atoms with van der Waals surface area (Å²) in [4.78, 5) is 24.7. The maximum Gasteiger partial charge on any atom is 0.325 e. The van der Waals surface area contributed by atoms with Crippen LogP contribution in [0.15, 0.2) is 46.8 Å². The van der Waals surface area contributed by atoms with Crippen molar-refractivity contribution in [2.45, 2.75) is 6.92 Å². The number of hydrogen-bond donors (Lipinski definition) is 2. The van der Waals surface area contributed by atoms with Crippen molar-refractivity contribution < 1.29 is 19.4 Å². The molecule has 0 radical (unpaired) electrons. The molecule has 0 bridgehead atoms. The molecule has 0 atom stereocenters. The average Bonchev–Trinajstić information content (AvgIpc) is 2.76. The van der Waals surface area contributed by atoms with E-state index in [9.17, 15) is 14.7 Å². The summed E-state index contributed by atoms with van der Waals surface area (Å²) in [6.07, 6.45) is 1.25. The number of para-hydroxylation sites is 1. The summed E-state index contributed by atoms with van der Waals surface area (Å²) in [6, 6.07) is 9.19. The van der Waals surface area contributed by atoms with Crippen LogP contribution in [0.4, 0.5) is 5.69 Å². The first-order valence-electron chi connectivity index (χ1n) is 6.83. The van der Waals surface area contributed by atoms with E-state index in [4.69, 9.17) is 4.74 Å². The molecule has 1 aromatic rings. The first-order chi connectivity index (χ1) is 10.6. The Morgan fingerprint density at radius 2 is 2.18 bits per heavy atom.